The molecule has 1 aliphatic heterocycles. The van der Waals surface area contributed by atoms with Crippen LogP contribution in [0.1, 0.15) is 34.7 Å². The predicted molar refractivity (Wildman–Crippen MR) is 129 cm³/mol. The van der Waals surface area contributed by atoms with E-state index in [9.17, 15) is 14.7 Å². The molecule has 5 heteroatoms. The Kier molecular flexibility index (Phi) is 6.31. The molecule has 1 atom stereocenters. The van der Waals surface area contributed by atoms with Crippen molar-refractivity contribution in [2.45, 2.75) is 32.7 Å². The van der Waals surface area contributed by atoms with E-state index < -0.39 is 17.7 Å². The normalized spacial score (nSPS) is 15.8. The number of anilines is 1. The number of aliphatic hydroxyl groups excluding tert-OH is 1. The topological polar surface area (TPSA) is 66.8 Å². The van der Waals surface area contributed by atoms with Crippen LogP contribution in [0, 0.1) is 13.8 Å². The number of methoxy groups -OCH3 is 1. The summed E-state index contributed by atoms with van der Waals surface area (Å²) in [5.41, 5.74) is 4.48. The van der Waals surface area contributed by atoms with Gasteiger partial charge in [0.25, 0.3) is 5.91 Å². The second kappa shape index (κ2) is 9.33. The number of Topliss-reactive ketones (excluding diaryl/α,β-unsaturated/α-hetero) is 1. The first-order valence-corrected chi connectivity index (χ1v) is 11.0. The smallest absolute Gasteiger partial charge is 0.294 e. The van der Waals surface area contributed by atoms with Gasteiger partial charge in [-0.25, -0.2) is 0 Å². The van der Waals surface area contributed by atoms with Gasteiger partial charge in [0, 0.05) is 12.1 Å². The molecule has 0 saturated carbocycles. The van der Waals surface area contributed by atoms with Crippen molar-refractivity contribution in [3.63, 3.8) is 0 Å². The third kappa shape index (κ3) is 4.40. The van der Waals surface area contributed by atoms with Gasteiger partial charge in [-0.1, -0.05) is 60.2 Å². The van der Waals surface area contributed by atoms with Crippen LogP contribution in [0.3, 0.4) is 0 Å². The zero-order valence-corrected chi connectivity index (χ0v) is 19.0. The van der Waals surface area contributed by atoms with Crippen molar-refractivity contribution in [1.82, 2.24) is 0 Å². The lowest BCUT2D eigenvalue weighted by Gasteiger charge is -2.28. The van der Waals surface area contributed by atoms with Crippen LogP contribution in [0.25, 0.3) is 0 Å². The van der Waals surface area contributed by atoms with Gasteiger partial charge in [-0.3, -0.25) is 14.5 Å². The van der Waals surface area contributed by atoms with Gasteiger partial charge in [-0.05, 0) is 55.2 Å². The number of carbonyl (C=O) groups excluding carboxylic acids is 2. The number of ketones is 1. The molecule has 1 amide bonds. The highest BCUT2D eigenvalue weighted by atomic mass is 16.5. The lowest BCUT2D eigenvalue weighted by atomic mass is 9.92. The highest BCUT2D eigenvalue weighted by Crippen LogP contribution is 2.43. The van der Waals surface area contributed by atoms with E-state index in [2.05, 4.69) is 0 Å². The van der Waals surface area contributed by atoms with Crippen molar-refractivity contribution < 1.29 is 19.4 Å². The molecule has 1 N–H and O–H groups in total. The monoisotopic (exact) mass is 441 g/mol. The van der Waals surface area contributed by atoms with E-state index in [0.29, 0.717) is 23.4 Å². The standard InChI is InChI=1S/C28H27NO4/c1-18-12-14-23(19(2)16-18)29-26(21-10-7-11-22(17-21)33-3)25(27(31)28(29)32)24(30)15-13-20-8-5-4-6-9-20/h4-12,14,16-17,26,31H,13,15H2,1-3H3. The first kappa shape index (κ1) is 22.3. The summed E-state index contributed by atoms with van der Waals surface area (Å²) in [6.45, 7) is 3.90. The number of benzene rings is 3. The minimum Gasteiger partial charge on any atom is -0.503 e. The molecule has 1 aliphatic rings. The van der Waals surface area contributed by atoms with Gasteiger partial charge in [0.1, 0.15) is 5.75 Å². The van der Waals surface area contributed by atoms with E-state index in [0.717, 1.165) is 16.7 Å². The van der Waals surface area contributed by atoms with Gasteiger partial charge in [0.15, 0.2) is 11.5 Å². The summed E-state index contributed by atoms with van der Waals surface area (Å²) in [4.78, 5) is 28.2. The lowest BCUT2D eigenvalue weighted by Crippen LogP contribution is -2.31. The van der Waals surface area contributed by atoms with Crippen LogP contribution in [0.2, 0.25) is 0 Å². The summed E-state index contributed by atoms with van der Waals surface area (Å²) in [5.74, 6) is -0.688. The van der Waals surface area contributed by atoms with Crippen LogP contribution < -0.4 is 9.64 Å². The maximum atomic E-state index is 13.4. The van der Waals surface area contributed by atoms with Crippen molar-refractivity contribution in [2.75, 3.05) is 12.0 Å². The molecule has 3 aromatic carbocycles. The molecular formula is C28H27NO4. The Hall–Kier alpha value is -3.86. The molecule has 0 fully saturated rings. The molecule has 0 saturated heterocycles. The molecule has 1 heterocycles. The molecular weight excluding hydrogens is 414 g/mol. The molecule has 4 rings (SSSR count). The number of rotatable bonds is 7. The Balaban J connectivity index is 1.77. The van der Waals surface area contributed by atoms with E-state index in [1.807, 2.05) is 80.6 Å². The molecule has 1 unspecified atom stereocenters. The summed E-state index contributed by atoms with van der Waals surface area (Å²) in [7, 11) is 1.57. The first-order chi connectivity index (χ1) is 15.9. The highest BCUT2D eigenvalue weighted by Gasteiger charge is 2.44. The summed E-state index contributed by atoms with van der Waals surface area (Å²) in [5, 5.41) is 10.9. The fourth-order valence-corrected chi connectivity index (χ4v) is 4.38. The van der Waals surface area contributed by atoms with Gasteiger partial charge in [0.05, 0.1) is 18.7 Å². The zero-order chi connectivity index (χ0) is 23.5. The van der Waals surface area contributed by atoms with Crippen LogP contribution in [0.4, 0.5) is 5.69 Å². The molecule has 3 aromatic rings. The van der Waals surface area contributed by atoms with Gasteiger partial charge in [-0.15, -0.1) is 0 Å². The number of amides is 1. The van der Waals surface area contributed by atoms with E-state index in [4.69, 9.17) is 4.74 Å². The third-order valence-electron chi connectivity index (χ3n) is 6.01. The lowest BCUT2D eigenvalue weighted by molar-refractivity contribution is -0.118. The van der Waals surface area contributed by atoms with E-state index >= 15 is 0 Å². The number of aryl methyl sites for hydroxylation is 3. The predicted octanol–water partition coefficient (Wildman–Crippen LogP) is 5.41. The van der Waals surface area contributed by atoms with Crippen LogP contribution in [0.5, 0.6) is 5.75 Å². The molecule has 0 aromatic heterocycles. The third-order valence-corrected chi connectivity index (χ3v) is 6.01. The number of hydrogen-bond acceptors (Lipinski definition) is 4. The van der Waals surface area contributed by atoms with Crippen molar-refractivity contribution in [2.24, 2.45) is 0 Å². The highest BCUT2D eigenvalue weighted by molar-refractivity contribution is 6.16. The van der Waals surface area contributed by atoms with Crippen molar-refractivity contribution >= 4 is 17.4 Å². The Morgan fingerprint density at radius 1 is 1.00 bits per heavy atom. The van der Waals surface area contributed by atoms with Gasteiger partial charge in [0.2, 0.25) is 0 Å². The zero-order valence-electron chi connectivity index (χ0n) is 19.0. The van der Waals surface area contributed by atoms with Crippen LogP contribution >= 0.6 is 0 Å². The largest absolute Gasteiger partial charge is 0.503 e. The SMILES string of the molecule is COc1cccc(C2C(C(=O)CCc3ccccc3)=C(O)C(=O)N2c2ccc(C)cc2C)c1. The fourth-order valence-electron chi connectivity index (χ4n) is 4.38. The molecule has 33 heavy (non-hydrogen) atoms. The number of nitrogens with zero attached hydrogens (tertiary/aromatic N) is 1. The van der Waals surface area contributed by atoms with E-state index in [1.165, 1.54) is 4.90 Å². The Labute approximate surface area is 193 Å². The number of ether oxygens (including phenoxy) is 1. The van der Waals surface area contributed by atoms with E-state index in [-0.39, 0.29) is 17.8 Å². The summed E-state index contributed by atoms with van der Waals surface area (Å²) >= 11 is 0. The van der Waals surface area contributed by atoms with Crippen LogP contribution in [0.15, 0.2) is 84.1 Å². The Morgan fingerprint density at radius 2 is 1.76 bits per heavy atom. The first-order valence-electron chi connectivity index (χ1n) is 11.0. The average Bonchev–Trinajstić information content (AvgIpc) is 3.09. The van der Waals surface area contributed by atoms with Gasteiger partial charge < -0.3 is 9.84 Å². The van der Waals surface area contributed by atoms with Crippen molar-refractivity contribution in [3.05, 3.63) is 106 Å². The van der Waals surface area contributed by atoms with E-state index in [1.54, 1.807) is 13.2 Å². The molecule has 5 nitrogen and oxygen atoms in total. The fraction of sp³-hybridized carbons (Fsp3) is 0.214. The Bertz CT molecular complexity index is 1230. The number of carbonyl (C=O) groups is 2. The minimum absolute atomic E-state index is 0.129. The molecule has 0 spiro atoms. The second-order valence-corrected chi connectivity index (χ2v) is 8.32. The maximum absolute atomic E-state index is 13.4. The van der Waals surface area contributed by atoms with Crippen molar-refractivity contribution in [3.8, 4) is 5.75 Å². The second-order valence-electron chi connectivity index (χ2n) is 8.32. The van der Waals surface area contributed by atoms with Gasteiger partial charge >= 0.3 is 0 Å². The molecule has 0 aliphatic carbocycles. The van der Waals surface area contributed by atoms with Crippen LogP contribution in [-0.2, 0) is 16.0 Å². The summed E-state index contributed by atoms with van der Waals surface area (Å²) in [6.07, 6.45) is 0.719. The van der Waals surface area contributed by atoms with Crippen LogP contribution in [-0.4, -0.2) is 23.9 Å². The molecule has 0 radical (unpaired) electrons. The number of aliphatic hydroxyl groups is 1. The van der Waals surface area contributed by atoms with Crippen molar-refractivity contribution in [1.29, 1.82) is 0 Å². The number of hydrogen-bond donors (Lipinski definition) is 1. The summed E-state index contributed by atoms with van der Waals surface area (Å²) in [6, 6.07) is 22.0. The minimum atomic E-state index is -0.739. The van der Waals surface area contributed by atoms with Gasteiger partial charge in [-0.2, -0.15) is 0 Å². The molecule has 0 bridgehead atoms. The summed E-state index contributed by atoms with van der Waals surface area (Å²) < 4.78 is 5.38. The Morgan fingerprint density at radius 3 is 2.45 bits per heavy atom. The molecule has 168 valence electrons. The average molecular weight is 442 g/mol. The maximum Gasteiger partial charge on any atom is 0.294 e. The quantitative estimate of drug-likeness (QED) is 0.532.